The van der Waals surface area contributed by atoms with E-state index < -0.39 is 23.4 Å². The fraction of sp³-hybridized carbons (Fsp3) is 0.136. The molecule has 2 heterocycles. The number of aromatic nitrogens is 2. The van der Waals surface area contributed by atoms with Crippen molar-refractivity contribution in [2.24, 2.45) is 0 Å². The SMILES string of the molecule is O=C(COC(=O)Cc1ccc([N+](=O)[O-])cc1)NCc1cnc2scc(-c3ccc(Br)cc3)n12. The van der Waals surface area contributed by atoms with Gasteiger partial charge in [-0.15, -0.1) is 11.3 Å². The number of benzene rings is 2. The van der Waals surface area contributed by atoms with E-state index in [-0.39, 0.29) is 18.7 Å². The Morgan fingerprint density at radius 1 is 1.15 bits per heavy atom. The molecule has 1 amide bonds. The second-order valence-electron chi connectivity index (χ2n) is 7.03. The second-order valence-corrected chi connectivity index (χ2v) is 8.79. The van der Waals surface area contributed by atoms with Gasteiger partial charge in [0.25, 0.3) is 11.6 Å². The van der Waals surface area contributed by atoms with Crippen molar-refractivity contribution in [1.29, 1.82) is 0 Å². The van der Waals surface area contributed by atoms with Gasteiger partial charge in [0, 0.05) is 22.0 Å². The molecule has 33 heavy (non-hydrogen) atoms. The maximum Gasteiger partial charge on any atom is 0.310 e. The van der Waals surface area contributed by atoms with E-state index in [1.807, 2.05) is 34.0 Å². The number of hydrogen-bond acceptors (Lipinski definition) is 7. The Kier molecular flexibility index (Phi) is 6.80. The number of thiazole rings is 1. The number of amides is 1. The average molecular weight is 529 g/mol. The third-order valence-corrected chi connectivity index (χ3v) is 6.15. The number of carbonyl (C=O) groups excluding carboxylic acids is 2. The molecular formula is C22H17BrN4O5S. The number of carbonyl (C=O) groups is 2. The van der Waals surface area contributed by atoms with Gasteiger partial charge in [0.2, 0.25) is 0 Å². The van der Waals surface area contributed by atoms with E-state index in [0.29, 0.717) is 5.56 Å². The number of hydrogen-bond donors (Lipinski definition) is 1. The van der Waals surface area contributed by atoms with Crippen molar-refractivity contribution in [1.82, 2.24) is 14.7 Å². The maximum absolute atomic E-state index is 12.2. The van der Waals surface area contributed by atoms with Crippen LogP contribution in [0.25, 0.3) is 16.2 Å². The fourth-order valence-electron chi connectivity index (χ4n) is 3.15. The van der Waals surface area contributed by atoms with Crippen molar-refractivity contribution < 1.29 is 19.2 Å². The zero-order chi connectivity index (χ0) is 23.4. The van der Waals surface area contributed by atoms with E-state index in [1.165, 1.54) is 35.6 Å². The largest absolute Gasteiger partial charge is 0.455 e. The lowest BCUT2D eigenvalue weighted by atomic mass is 10.1. The monoisotopic (exact) mass is 528 g/mol. The molecule has 11 heteroatoms. The molecule has 0 saturated carbocycles. The molecule has 0 radical (unpaired) electrons. The second kappa shape index (κ2) is 9.92. The highest BCUT2D eigenvalue weighted by atomic mass is 79.9. The summed E-state index contributed by atoms with van der Waals surface area (Å²) >= 11 is 4.94. The van der Waals surface area contributed by atoms with Crippen molar-refractivity contribution in [2.45, 2.75) is 13.0 Å². The Morgan fingerprint density at radius 2 is 1.88 bits per heavy atom. The van der Waals surface area contributed by atoms with Crippen LogP contribution in [0.5, 0.6) is 0 Å². The topological polar surface area (TPSA) is 116 Å². The summed E-state index contributed by atoms with van der Waals surface area (Å²) < 4.78 is 7.99. The van der Waals surface area contributed by atoms with Gasteiger partial charge in [-0.05, 0) is 23.3 Å². The minimum atomic E-state index is -0.596. The first-order chi connectivity index (χ1) is 15.9. The number of ether oxygens (including phenoxy) is 1. The predicted octanol–water partition coefficient (Wildman–Crippen LogP) is 4.14. The van der Waals surface area contributed by atoms with Gasteiger partial charge >= 0.3 is 5.97 Å². The quantitative estimate of drug-likeness (QED) is 0.209. The normalized spacial score (nSPS) is 10.8. The van der Waals surface area contributed by atoms with E-state index in [1.54, 1.807) is 6.20 Å². The summed E-state index contributed by atoms with van der Waals surface area (Å²) in [6.07, 6.45) is 1.62. The lowest BCUT2D eigenvalue weighted by Crippen LogP contribution is -2.29. The summed E-state index contributed by atoms with van der Waals surface area (Å²) in [5.41, 5.74) is 3.30. The molecule has 0 aliphatic rings. The van der Waals surface area contributed by atoms with Crippen LogP contribution in [0.1, 0.15) is 11.3 Å². The molecule has 4 rings (SSSR count). The highest BCUT2D eigenvalue weighted by Crippen LogP contribution is 2.28. The molecule has 2 aromatic heterocycles. The summed E-state index contributed by atoms with van der Waals surface area (Å²) in [4.78, 5) is 39.5. The molecule has 0 aliphatic carbocycles. The van der Waals surface area contributed by atoms with E-state index in [9.17, 15) is 19.7 Å². The van der Waals surface area contributed by atoms with E-state index in [2.05, 4.69) is 26.2 Å². The number of non-ortho nitro benzene ring substituents is 1. The maximum atomic E-state index is 12.2. The molecular weight excluding hydrogens is 512 g/mol. The van der Waals surface area contributed by atoms with Gasteiger partial charge in [0.1, 0.15) is 0 Å². The van der Waals surface area contributed by atoms with Gasteiger partial charge in [-0.25, -0.2) is 4.98 Å². The number of nitro groups is 1. The number of imidazole rings is 1. The smallest absolute Gasteiger partial charge is 0.310 e. The first kappa shape index (κ1) is 22.6. The van der Waals surface area contributed by atoms with Crippen molar-refractivity contribution in [2.75, 3.05) is 6.61 Å². The Bertz CT molecular complexity index is 1320. The Morgan fingerprint density at radius 3 is 2.58 bits per heavy atom. The molecule has 2 aromatic carbocycles. The Balaban J connectivity index is 1.32. The molecule has 0 fully saturated rings. The third-order valence-electron chi connectivity index (χ3n) is 4.79. The van der Waals surface area contributed by atoms with Crippen molar-refractivity contribution in [3.05, 3.63) is 86.0 Å². The van der Waals surface area contributed by atoms with Crippen LogP contribution in [-0.4, -0.2) is 32.8 Å². The molecule has 9 nitrogen and oxygen atoms in total. The molecule has 1 N–H and O–H groups in total. The molecule has 0 spiro atoms. The van der Waals surface area contributed by atoms with Gasteiger partial charge in [-0.1, -0.05) is 40.2 Å². The fourth-order valence-corrected chi connectivity index (χ4v) is 4.31. The highest BCUT2D eigenvalue weighted by molar-refractivity contribution is 9.10. The molecule has 0 saturated heterocycles. The van der Waals surface area contributed by atoms with Gasteiger partial charge < -0.3 is 10.1 Å². The van der Waals surface area contributed by atoms with E-state index in [4.69, 9.17) is 4.74 Å². The predicted molar refractivity (Wildman–Crippen MR) is 126 cm³/mol. The van der Waals surface area contributed by atoms with E-state index in [0.717, 1.165) is 26.4 Å². The average Bonchev–Trinajstić information content (AvgIpc) is 3.40. The van der Waals surface area contributed by atoms with Crippen LogP contribution in [0, 0.1) is 10.1 Å². The number of nitrogens with one attached hydrogen (secondary N) is 1. The summed E-state index contributed by atoms with van der Waals surface area (Å²) in [7, 11) is 0. The zero-order valence-corrected chi connectivity index (χ0v) is 19.5. The van der Waals surface area contributed by atoms with Crippen LogP contribution in [-0.2, 0) is 27.3 Å². The van der Waals surface area contributed by atoms with E-state index >= 15 is 0 Å². The summed E-state index contributed by atoms with van der Waals surface area (Å²) in [6.45, 7) is -0.197. The zero-order valence-electron chi connectivity index (χ0n) is 17.1. The standard InChI is InChI=1S/C22H17BrN4O5S/c23-16-5-3-15(4-6-16)19-13-33-22-25-11-18(26(19)22)10-24-20(28)12-32-21(29)9-14-1-7-17(8-2-14)27(30)31/h1-8,11,13H,9-10,12H2,(H,24,28). The molecule has 0 atom stereocenters. The van der Waals surface area contributed by atoms with Gasteiger partial charge in [0.05, 0.1) is 35.5 Å². The van der Waals surface area contributed by atoms with Gasteiger partial charge in [-0.2, -0.15) is 0 Å². The molecule has 0 aliphatic heterocycles. The lowest BCUT2D eigenvalue weighted by Gasteiger charge is -2.08. The van der Waals surface area contributed by atoms with Crippen molar-refractivity contribution in [3.8, 4) is 11.3 Å². The van der Waals surface area contributed by atoms with Crippen LogP contribution in [0.3, 0.4) is 0 Å². The molecule has 4 aromatic rings. The lowest BCUT2D eigenvalue weighted by molar-refractivity contribution is -0.384. The minimum absolute atomic E-state index is 0.0608. The minimum Gasteiger partial charge on any atom is -0.455 e. The van der Waals surface area contributed by atoms with Crippen LogP contribution in [0.2, 0.25) is 0 Å². The van der Waals surface area contributed by atoms with Gasteiger partial charge in [-0.3, -0.25) is 24.1 Å². The molecule has 0 bridgehead atoms. The Labute approximate surface area is 200 Å². The van der Waals surface area contributed by atoms with Gasteiger partial charge in [0.15, 0.2) is 11.6 Å². The van der Waals surface area contributed by atoms with Crippen LogP contribution in [0.15, 0.2) is 64.6 Å². The first-order valence-electron chi connectivity index (χ1n) is 9.76. The van der Waals surface area contributed by atoms with Crippen LogP contribution >= 0.6 is 27.3 Å². The number of rotatable bonds is 8. The first-order valence-corrected chi connectivity index (χ1v) is 11.4. The Hall–Kier alpha value is -3.57. The summed E-state index contributed by atoms with van der Waals surface area (Å²) in [5, 5.41) is 15.4. The van der Waals surface area contributed by atoms with Crippen LogP contribution < -0.4 is 5.32 Å². The summed E-state index contributed by atoms with van der Waals surface area (Å²) in [6, 6.07) is 13.5. The van der Waals surface area contributed by atoms with Crippen molar-refractivity contribution >= 4 is 49.8 Å². The highest BCUT2D eigenvalue weighted by Gasteiger charge is 2.14. The number of fused-ring (bicyclic) bond motifs is 1. The summed E-state index contributed by atoms with van der Waals surface area (Å²) in [5.74, 6) is -1.04. The molecule has 168 valence electrons. The number of nitrogens with zero attached hydrogens (tertiary/aromatic N) is 3. The number of nitro benzene ring substituents is 1. The van der Waals surface area contributed by atoms with Crippen LogP contribution in [0.4, 0.5) is 5.69 Å². The number of halogens is 1. The molecule has 0 unspecified atom stereocenters. The van der Waals surface area contributed by atoms with Crippen molar-refractivity contribution in [3.63, 3.8) is 0 Å². The number of esters is 1. The third kappa shape index (κ3) is 5.44.